The van der Waals surface area contributed by atoms with Crippen LogP contribution in [0.25, 0.3) is 10.9 Å². The smallest absolute Gasteiger partial charge is 0.262 e. The SMILES string of the molecule is CC(C)OCCCn1c(SCC(=O)N2CCC(c3ccccc3)=N2)nc2cc(Cl)ccc2c1=O. The van der Waals surface area contributed by atoms with Gasteiger partial charge in [0.05, 0.1) is 35.0 Å². The minimum absolute atomic E-state index is 0.119. The van der Waals surface area contributed by atoms with E-state index >= 15 is 0 Å². The van der Waals surface area contributed by atoms with Crippen molar-refractivity contribution < 1.29 is 9.53 Å². The number of ether oxygens (including phenoxy) is 1. The second kappa shape index (κ2) is 11.2. The van der Waals surface area contributed by atoms with Crippen LogP contribution in [0.1, 0.15) is 32.3 Å². The number of aromatic nitrogens is 2. The van der Waals surface area contributed by atoms with E-state index < -0.39 is 0 Å². The third kappa shape index (κ3) is 5.87. The van der Waals surface area contributed by atoms with Crippen molar-refractivity contribution in [2.75, 3.05) is 18.9 Å². The zero-order valence-corrected chi connectivity index (χ0v) is 20.8. The topological polar surface area (TPSA) is 76.8 Å². The molecule has 0 aliphatic carbocycles. The van der Waals surface area contributed by atoms with E-state index in [2.05, 4.69) is 10.1 Å². The number of benzene rings is 2. The largest absolute Gasteiger partial charge is 0.379 e. The Hall–Kier alpha value is -2.68. The Kier molecular flexibility index (Phi) is 8.03. The summed E-state index contributed by atoms with van der Waals surface area (Å²) in [7, 11) is 0. The molecule has 3 aromatic rings. The minimum Gasteiger partial charge on any atom is -0.379 e. The summed E-state index contributed by atoms with van der Waals surface area (Å²) >= 11 is 7.37. The van der Waals surface area contributed by atoms with Crippen molar-refractivity contribution >= 4 is 45.9 Å². The Labute approximate surface area is 207 Å². The van der Waals surface area contributed by atoms with E-state index in [-0.39, 0.29) is 23.3 Å². The monoisotopic (exact) mass is 498 g/mol. The summed E-state index contributed by atoms with van der Waals surface area (Å²) < 4.78 is 7.25. The Morgan fingerprint density at radius 3 is 2.76 bits per heavy atom. The van der Waals surface area contributed by atoms with Crippen LogP contribution in [0.2, 0.25) is 5.02 Å². The molecule has 4 rings (SSSR count). The molecule has 178 valence electrons. The lowest BCUT2D eigenvalue weighted by Crippen LogP contribution is -2.27. The molecule has 9 heteroatoms. The molecule has 2 aromatic carbocycles. The first-order valence-electron chi connectivity index (χ1n) is 11.3. The highest BCUT2D eigenvalue weighted by Gasteiger charge is 2.22. The van der Waals surface area contributed by atoms with E-state index in [4.69, 9.17) is 16.3 Å². The summed E-state index contributed by atoms with van der Waals surface area (Å²) in [5, 5.41) is 7.52. The molecule has 7 nitrogen and oxygen atoms in total. The average Bonchev–Trinajstić information content (AvgIpc) is 3.32. The lowest BCUT2D eigenvalue weighted by Gasteiger charge is -2.15. The van der Waals surface area contributed by atoms with Gasteiger partial charge in [0.25, 0.3) is 11.5 Å². The van der Waals surface area contributed by atoms with Crippen molar-refractivity contribution in [3.8, 4) is 0 Å². The van der Waals surface area contributed by atoms with Crippen LogP contribution in [0.5, 0.6) is 0 Å². The highest BCUT2D eigenvalue weighted by Crippen LogP contribution is 2.22. The van der Waals surface area contributed by atoms with Gasteiger partial charge in [0.1, 0.15) is 0 Å². The van der Waals surface area contributed by atoms with Crippen LogP contribution in [-0.2, 0) is 16.1 Å². The maximum absolute atomic E-state index is 13.2. The summed E-state index contributed by atoms with van der Waals surface area (Å²) in [5.74, 6) is 0.0121. The van der Waals surface area contributed by atoms with Crippen molar-refractivity contribution in [1.29, 1.82) is 0 Å². The zero-order chi connectivity index (χ0) is 24.1. The normalized spacial score (nSPS) is 13.6. The lowest BCUT2D eigenvalue weighted by molar-refractivity contribution is -0.127. The van der Waals surface area contributed by atoms with Gasteiger partial charge in [-0.1, -0.05) is 53.7 Å². The molecule has 0 saturated carbocycles. The Balaban J connectivity index is 1.51. The van der Waals surface area contributed by atoms with Crippen LogP contribution in [0.15, 0.2) is 63.6 Å². The number of nitrogens with zero attached hydrogens (tertiary/aromatic N) is 4. The number of carbonyl (C=O) groups is 1. The van der Waals surface area contributed by atoms with E-state index in [0.29, 0.717) is 53.6 Å². The number of rotatable bonds is 9. The molecule has 0 fully saturated rings. The van der Waals surface area contributed by atoms with E-state index in [9.17, 15) is 9.59 Å². The summed E-state index contributed by atoms with van der Waals surface area (Å²) in [5.41, 5.74) is 2.30. The second-order valence-electron chi connectivity index (χ2n) is 8.25. The molecule has 1 amide bonds. The number of hydrazone groups is 1. The molecule has 0 spiro atoms. The molecule has 34 heavy (non-hydrogen) atoms. The minimum atomic E-state index is -0.147. The standard InChI is InChI=1S/C25H27ClN4O3S/c1-17(2)33-14-6-12-29-24(32)20-10-9-19(26)15-22(20)27-25(29)34-16-23(31)30-13-11-21(28-30)18-7-4-3-5-8-18/h3-5,7-10,15,17H,6,11-14,16H2,1-2H3. The zero-order valence-electron chi connectivity index (χ0n) is 19.2. The lowest BCUT2D eigenvalue weighted by atomic mass is 10.1. The fraction of sp³-hybridized carbons (Fsp3) is 0.360. The van der Waals surface area contributed by atoms with Crippen molar-refractivity contribution in [2.24, 2.45) is 5.10 Å². The number of hydrogen-bond donors (Lipinski definition) is 0. The number of hydrogen-bond acceptors (Lipinski definition) is 6. The third-order valence-electron chi connectivity index (χ3n) is 5.38. The van der Waals surface area contributed by atoms with Gasteiger partial charge in [-0.15, -0.1) is 0 Å². The molecule has 1 aliphatic rings. The van der Waals surface area contributed by atoms with Crippen molar-refractivity contribution in [2.45, 2.75) is 44.5 Å². The predicted octanol–water partition coefficient (Wildman–Crippen LogP) is 4.59. The predicted molar refractivity (Wildman–Crippen MR) is 137 cm³/mol. The van der Waals surface area contributed by atoms with Crippen LogP contribution in [-0.4, -0.2) is 51.2 Å². The molecule has 2 heterocycles. The fourth-order valence-electron chi connectivity index (χ4n) is 3.69. The van der Waals surface area contributed by atoms with E-state index in [1.807, 2.05) is 44.2 Å². The molecule has 0 atom stereocenters. The molecule has 0 radical (unpaired) electrons. The van der Waals surface area contributed by atoms with E-state index in [1.54, 1.807) is 22.8 Å². The van der Waals surface area contributed by atoms with Crippen LogP contribution < -0.4 is 5.56 Å². The number of carbonyl (C=O) groups excluding carboxylic acids is 1. The number of amides is 1. The van der Waals surface area contributed by atoms with Gasteiger partial charge in [0, 0.05) is 24.6 Å². The van der Waals surface area contributed by atoms with Crippen LogP contribution in [0.4, 0.5) is 0 Å². The van der Waals surface area contributed by atoms with Gasteiger partial charge in [0.2, 0.25) is 0 Å². The molecule has 0 unspecified atom stereocenters. The number of thioether (sulfide) groups is 1. The number of halogens is 1. The Bertz CT molecular complexity index is 1260. The van der Waals surface area contributed by atoms with E-state index in [0.717, 1.165) is 11.3 Å². The summed E-state index contributed by atoms with van der Waals surface area (Å²) in [6.07, 6.45) is 1.51. The summed E-state index contributed by atoms with van der Waals surface area (Å²) in [6.45, 7) is 5.49. The van der Waals surface area contributed by atoms with Gasteiger partial charge in [-0.25, -0.2) is 9.99 Å². The van der Waals surface area contributed by atoms with Crippen molar-refractivity contribution in [1.82, 2.24) is 14.6 Å². The van der Waals surface area contributed by atoms with Crippen LogP contribution in [0, 0.1) is 0 Å². The van der Waals surface area contributed by atoms with Gasteiger partial charge < -0.3 is 4.74 Å². The molecule has 0 N–H and O–H groups in total. The van der Waals surface area contributed by atoms with Gasteiger partial charge in [-0.2, -0.15) is 5.10 Å². The first-order chi connectivity index (χ1) is 16.4. The van der Waals surface area contributed by atoms with Gasteiger partial charge in [0.15, 0.2) is 5.16 Å². The van der Waals surface area contributed by atoms with Crippen molar-refractivity contribution in [3.63, 3.8) is 0 Å². The second-order valence-corrected chi connectivity index (χ2v) is 9.63. The summed E-state index contributed by atoms with van der Waals surface area (Å²) in [4.78, 5) is 30.8. The average molecular weight is 499 g/mol. The first-order valence-corrected chi connectivity index (χ1v) is 12.7. The maximum atomic E-state index is 13.2. The number of fused-ring (bicyclic) bond motifs is 1. The highest BCUT2D eigenvalue weighted by atomic mass is 35.5. The molecular weight excluding hydrogens is 472 g/mol. The molecule has 0 saturated heterocycles. The molecule has 0 bridgehead atoms. The fourth-order valence-corrected chi connectivity index (χ4v) is 4.76. The molecular formula is C25H27ClN4O3S. The quantitative estimate of drug-likeness (QED) is 0.245. The molecule has 1 aromatic heterocycles. The maximum Gasteiger partial charge on any atom is 0.262 e. The van der Waals surface area contributed by atoms with Crippen molar-refractivity contribution in [3.05, 3.63) is 69.5 Å². The van der Waals surface area contributed by atoms with Crippen LogP contribution in [0.3, 0.4) is 0 Å². The van der Waals surface area contributed by atoms with Gasteiger partial charge in [-0.05, 0) is 44.0 Å². The highest BCUT2D eigenvalue weighted by molar-refractivity contribution is 7.99. The third-order valence-corrected chi connectivity index (χ3v) is 6.58. The van der Waals surface area contributed by atoms with Gasteiger partial charge >= 0.3 is 0 Å². The van der Waals surface area contributed by atoms with Gasteiger partial charge in [-0.3, -0.25) is 14.2 Å². The summed E-state index contributed by atoms with van der Waals surface area (Å²) in [6, 6.07) is 14.9. The molecule has 1 aliphatic heterocycles. The Morgan fingerprint density at radius 2 is 2.00 bits per heavy atom. The first kappa shape index (κ1) is 24.4. The Morgan fingerprint density at radius 1 is 1.21 bits per heavy atom. The van der Waals surface area contributed by atoms with E-state index in [1.165, 1.54) is 16.8 Å². The van der Waals surface area contributed by atoms with Crippen LogP contribution >= 0.6 is 23.4 Å².